The number of halogens is 3. The van der Waals surface area contributed by atoms with Gasteiger partial charge in [-0.3, -0.25) is 14.1 Å². The summed E-state index contributed by atoms with van der Waals surface area (Å²) in [6.45, 7) is 19.5. The van der Waals surface area contributed by atoms with Gasteiger partial charge in [0.1, 0.15) is 6.07 Å². The predicted molar refractivity (Wildman–Crippen MR) is 302 cm³/mol. The Labute approximate surface area is 452 Å². The lowest BCUT2D eigenvalue weighted by Crippen LogP contribution is -2.50. The first-order valence-corrected chi connectivity index (χ1v) is 32.5. The van der Waals surface area contributed by atoms with Crippen LogP contribution in [0.3, 0.4) is 0 Å². The fourth-order valence-corrected chi connectivity index (χ4v) is 8.37. The zero-order valence-electron chi connectivity index (χ0n) is 46.0. The van der Waals surface area contributed by atoms with Gasteiger partial charge in [-0.2, -0.15) is 8.42 Å². The SMILES string of the molecule is CCCCCCCC/C=C/CCCCCCCC(=O)O.CCCCCCCC/C=C/CCCCCCCC(=O)OCCl.CCCC[N+](CCCC)(CCCC)CCCC.O=S(=O)(Cl)OCCl.O=S(=O)([O-])O. The number of nitrogens with zero attached hydrogens (tertiary/aromatic N) is 1. The van der Waals surface area contributed by atoms with E-state index in [2.05, 4.69) is 85.4 Å². The van der Waals surface area contributed by atoms with Gasteiger partial charge in [0.05, 0.1) is 26.2 Å². The fourth-order valence-electron chi connectivity index (χ4n) is 7.52. The van der Waals surface area contributed by atoms with Crippen LogP contribution < -0.4 is 0 Å². The minimum atomic E-state index is -4.92. The number of carbonyl (C=O) groups excluding carboxylic acids is 1. The van der Waals surface area contributed by atoms with Crippen molar-refractivity contribution in [3.05, 3.63) is 24.3 Å². The smallest absolute Gasteiger partial charge is 0.356 e. The Morgan fingerprint density at radius 2 is 0.732 bits per heavy atom. The van der Waals surface area contributed by atoms with Crippen molar-refractivity contribution in [3.8, 4) is 0 Å². The molecule has 0 atom stereocenters. The van der Waals surface area contributed by atoms with Gasteiger partial charge in [-0.15, -0.1) is 0 Å². The predicted octanol–water partition coefficient (Wildman–Crippen LogP) is 17.6. The number of aliphatic carboxylic acids is 1. The zero-order chi connectivity index (χ0) is 54.6. The number of hydrogen-bond acceptors (Lipinski definition) is 9. The van der Waals surface area contributed by atoms with Crippen LogP contribution in [-0.2, 0) is 38.2 Å². The molecule has 0 heterocycles. The highest BCUT2D eigenvalue weighted by atomic mass is 35.7. The van der Waals surface area contributed by atoms with E-state index in [0.717, 1.165) is 25.7 Å². The molecule has 0 fully saturated rings. The Hall–Kier alpha value is -0.970. The molecule has 428 valence electrons. The number of hydrogen-bond donors (Lipinski definition) is 2. The van der Waals surface area contributed by atoms with Crippen molar-refractivity contribution >= 4 is 65.6 Å². The van der Waals surface area contributed by atoms with Crippen LogP contribution in [0.4, 0.5) is 0 Å². The minimum absolute atomic E-state index is 0.0239. The van der Waals surface area contributed by atoms with Gasteiger partial charge in [0.2, 0.25) is 10.4 Å². The highest BCUT2D eigenvalue weighted by Gasteiger charge is 2.24. The van der Waals surface area contributed by atoms with E-state index in [-0.39, 0.29) is 12.0 Å². The summed E-state index contributed by atoms with van der Waals surface area (Å²) in [7, 11) is -4.25. The van der Waals surface area contributed by atoms with Crippen molar-refractivity contribution < 1.29 is 54.0 Å². The van der Waals surface area contributed by atoms with Crippen LogP contribution in [0.2, 0.25) is 0 Å². The molecule has 0 aromatic rings. The molecule has 12 nitrogen and oxygen atoms in total. The number of allylic oxidation sites excluding steroid dienone is 4. The average molecular weight is 1120 g/mol. The number of rotatable bonds is 45. The van der Waals surface area contributed by atoms with Crippen LogP contribution in [0.5, 0.6) is 0 Å². The molecule has 0 bridgehead atoms. The lowest BCUT2D eigenvalue weighted by atomic mass is 10.1. The van der Waals surface area contributed by atoms with Gasteiger partial charge < -0.3 is 18.9 Å². The largest absolute Gasteiger partial charge is 0.726 e. The van der Waals surface area contributed by atoms with Crippen LogP contribution in [0.1, 0.15) is 273 Å². The third-order valence-corrected chi connectivity index (χ3v) is 12.7. The van der Waals surface area contributed by atoms with E-state index < -0.39 is 31.8 Å². The molecule has 17 heteroatoms. The lowest BCUT2D eigenvalue weighted by molar-refractivity contribution is -0.929. The molecule has 0 aromatic carbocycles. The molecule has 0 rings (SSSR count). The van der Waals surface area contributed by atoms with Crippen LogP contribution >= 0.6 is 33.9 Å². The van der Waals surface area contributed by atoms with E-state index in [0.29, 0.717) is 12.8 Å². The molecule has 0 aromatic heterocycles. The van der Waals surface area contributed by atoms with Crippen molar-refractivity contribution in [2.45, 2.75) is 273 Å². The number of alkyl halides is 2. The molecule has 0 amide bonds. The zero-order valence-corrected chi connectivity index (χ0v) is 49.9. The van der Waals surface area contributed by atoms with Gasteiger partial charge in [0.25, 0.3) is 0 Å². The van der Waals surface area contributed by atoms with Gasteiger partial charge in [-0.25, -0.2) is 12.6 Å². The normalized spacial score (nSPS) is 11.5. The van der Waals surface area contributed by atoms with Gasteiger partial charge in [0, 0.05) is 23.5 Å². The average Bonchev–Trinajstić information content (AvgIpc) is 3.31. The van der Waals surface area contributed by atoms with E-state index in [1.807, 2.05) is 0 Å². The number of unbranched alkanes of at least 4 members (excludes halogenated alkanes) is 26. The summed E-state index contributed by atoms with van der Waals surface area (Å²) in [6.07, 6.45) is 54.0. The first-order valence-electron chi connectivity index (χ1n) is 27.8. The van der Waals surface area contributed by atoms with Gasteiger partial charge in [-0.1, -0.05) is 217 Å². The minimum Gasteiger partial charge on any atom is -0.726 e. The summed E-state index contributed by atoms with van der Waals surface area (Å²) in [5.41, 5.74) is 0. The third-order valence-electron chi connectivity index (χ3n) is 11.6. The van der Waals surface area contributed by atoms with E-state index in [1.54, 1.807) is 0 Å². The molecule has 0 saturated heterocycles. The van der Waals surface area contributed by atoms with E-state index in [1.165, 1.54) is 223 Å². The maximum absolute atomic E-state index is 11.1. The van der Waals surface area contributed by atoms with Gasteiger partial charge in [-0.05, 0) is 89.9 Å². The Bertz CT molecular complexity index is 1330. The van der Waals surface area contributed by atoms with Crippen molar-refractivity contribution in [2.75, 3.05) is 38.3 Å². The second-order valence-corrected chi connectivity index (χ2v) is 21.8. The molecule has 2 N–H and O–H groups in total. The maximum atomic E-state index is 11.1. The second kappa shape index (κ2) is 63.3. The van der Waals surface area contributed by atoms with E-state index >= 15 is 0 Å². The molecular formula is C54H108Cl3NO11S2. The quantitative estimate of drug-likeness (QED) is 0.00864. The number of carboxylic acid groups (broad SMARTS) is 1. The van der Waals surface area contributed by atoms with Crippen LogP contribution in [0.25, 0.3) is 0 Å². The Balaban J connectivity index is -0.000000275. The van der Waals surface area contributed by atoms with Crippen molar-refractivity contribution in [3.63, 3.8) is 0 Å². The molecule has 0 aliphatic heterocycles. The molecule has 0 spiro atoms. The van der Waals surface area contributed by atoms with Crippen LogP contribution in [-0.4, -0.2) is 85.8 Å². The highest BCUT2D eigenvalue weighted by molar-refractivity contribution is 8.10. The summed E-state index contributed by atoms with van der Waals surface area (Å²) >= 11 is 10.1. The number of ether oxygens (including phenoxy) is 1. The molecule has 0 aliphatic rings. The van der Waals surface area contributed by atoms with Gasteiger partial charge >= 0.3 is 21.3 Å². The summed E-state index contributed by atoms with van der Waals surface area (Å²) in [5, 5.41) is 8.51. The van der Waals surface area contributed by atoms with Gasteiger partial charge in [0.15, 0.2) is 6.07 Å². The van der Waals surface area contributed by atoms with Crippen LogP contribution in [0.15, 0.2) is 24.3 Å². The first-order chi connectivity index (χ1) is 33.9. The van der Waals surface area contributed by atoms with Crippen LogP contribution in [0, 0.1) is 0 Å². The van der Waals surface area contributed by atoms with Crippen molar-refractivity contribution in [2.24, 2.45) is 0 Å². The number of quaternary nitrogens is 1. The Kier molecular flexibility index (Phi) is 70.4. The molecule has 0 unspecified atom stereocenters. The standard InChI is InChI=1S/C19H35ClO2.C18H34O2.C16H36N.CH2Cl2O3S.H2O4S/c1-2-3-4-5-6-7-8-9-10-11-12-13-14-15-16-17-19(21)22-18-20;1-2-3-4-5-6-7-8-9-10-11-12-13-14-15-16-17-18(19)20;1-5-9-13-17(14-10-6-2,15-11-7-3)16-12-8-4;2-1-6-7(3,4)5;1-5(2,3)4/h9-10H,2-8,11-18H2,1H3;9-10H,2-8,11-17H2,1H3,(H,19,20);5-16H2,1-4H3;1H2;(H2,1,2,3,4)/q;;+1;;/p-1/b2*10-9+;;;. The number of esters is 1. The summed E-state index contributed by atoms with van der Waals surface area (Å²) < 4.78 is 62.0. The second-order valence-electron chi connectivity index (χ2n) is 18.4. The van der Waals surface area contributed by atoms with Crippen molar-refractivity contribution in [1.82, 2.24) is 0 Å². The summed E-state index contributed by atoms with van der Waals surface area (Å²) in [5.74, 6) is -0.838. The molecule has 0 radical (unpaired) electrons. The summed E-state index contributed by atoms with van der Waals surface area (Å²) in [6, 6.07) is -0.463. The number of carbonyl (C=O) groups is 2. The monoisotopic (exact) mass is 1120 g/mol. The molecule has 0 saturated carbocycles. The lowest BCUT2D eigenvalue weighted by Gasteiger charge is -2.39. The molecule has 71 heavy (non-hydrogen) atoms. The van der Waals surface area contributed by atoms with E-state index in [9.17, 15) is 18.0 Å². The third kappa shape index (κ3) is 86.1. The fraction of sp³-hybridized carbons (Fsp3) is 0.889. The summed E-state index contributed by atoms with van der Waals surface area (Å²) in [4.78, 5) is 21.4. The maximum Gasteiger partial charge on any atom is 0.356 e. The molecule has 0 aliphatic carbocycles. The first kappa shape index (κ1) is 78.9. The Morgan fingerprint density at radius 3 is 0.972 bits per heavy atom. The number of carboxylic acids is 1. The highest BCUT2D eigenvalue weighted by Crippen LogP contribution is 2.17. The topological polar surface area (TPSA) is 184 Å². The molecular weight excluding hydrogens is 1010 g/mol. The van der Waals surface area contributed by atoms with Crippen molar-refractivity contribution in [1.29, 1.82) is 0 Å². The Morgan fingerprint density at radius 1 is 0.465 bits per heavy atom. The van der Waals surface area contributed by atoms with E-state index in [4.69, 9.17) is 45.8 Å².